The molecule has 0 bridgehead atoms. The lowest BCUT2D eigenvalue weighted by atomic mass is 9.93. The highest BCUT2D eigenvalue weighted by atomic mass is 32.1. The Hall–Kier alpha value is -2.84. The predicted octanol–water partition coefficient (Wildman–Crippen LogP) is -21.3. The second kappa shape index (κ2) is 40.1. The molecule has 0 aromatic heterocycles. The van der Waals surface area contributed by atoms with Gasteiger partial charge in [0.25, 0.3) is 0 Å². The quantitative estimate of drug-likeness (QED) is 0.0358. The van der Waals surface area contributed by atoms with Crippen molar-refractivity contribution in [2.45, 2.75) is 276 Å². The Labute approximate surface area is 619 Å². The molecule has 9 fully saturated rings. The van der Waals surface area contributed by atoms with E-state index in [1.165, 1.54) is 0 Å². The van der Waals surface area contributed by atoms with Crippen molar-refractivity contribution < 1.29 is 192 Å². The number of nitrogens with two attached hydrogens (primary N) is 10. The molecule has 9 rings (SSSR count). The standard InChI is InChI=1S/C56H103N9O39.CH4N2S/c1-87-56(86)65-28-38(84)46(19(10-74)96-55(28)104-45-18(9-73)95-49(27(64)37(45)83)97-39-12(3-67)88-47(85)20(57)31(39)77)103-54-26(63)36(82)44(17(8-72)94-54)102-53-25(62)35(81)43(16(7-71)93-53)101-52-24(61)34(80)42(15(6-70)92-52)100-51-23(60)33(79)41(14(5-69)91-51)99-50-22(59)32(78)40(13(4-68)90-50)98-48-21(58)30(76)29(75)11(2-66)89-48;2-1(3)4/h11-55,66-85H,2-10,57-64H2,1H3,(H,65,86);(H4,2,3,4)/t11-,12-,13-,14-,15-,16-,17-,18-,19-,20-,21-,22-,23-,24-,25-,26-,27-,28-,29-,30-,31-,32-,33-,34-,35-,36-,37-,38-,39-,40-,41-,42-,43-,44-,45-,46-,47-,48+,49+,50+,51+,52+,53+,54+,55+;/m1./s1. The van der Waals surface area contributed by atoms with Crippen molar-refractivity contribution >= 4 is 23.4 Å². The average Bonchev–Trinajstić information content (AvgIpc) is 0.774. The van der Waals surface area contributed by atoms with Crippen molar-refractivity contribution in [2.24, 2.45) is 57.3 Å². The van der Waals surface area contributed by atoms with Crippen LogP contribution in [0.4, 0.5) is 4.79 Å². The summed E-state index contributed by atoms with van der Waals surface area (Å²) >= 11 is 4.09. The Morgan fingerprint density at radius 2 is 0.481 bits per heavy atom. The molecule has 0 aromatic rings. The van der Waals surface area contributed by atoms with E-state index >= 15 is 0 Å². The molecule has 1 amide bonds. The van der Waals surface area contributed by atoms with E-state index < -0.39 is 341 Å². The molecule has 51 heteroatoms. The van der Waals surface area contributed by atoms with Crippen LogP contribution in [0.3, 0.4) is 0 Å². The van der Waals surface area contributed by atoms with Crippen LogP contribution in [-0.2, 0) is 85.3 Å². The second-order valence-corrected chi connectivity index (χ2v) is 27.4. The molecule has 9 aliphatic heterocycles. The van der Waals surface area contributed by atoms with Crippen molar-refractivity contribution in [3.05, 3.63) is 0 Å². The molecule has 0 spiro atoms. The molecule has 0 radical (unpaired) electrons. The summed E-state index contributed by atoms with van der Waals surface area (Å²) in [7, 11) is 0.957. The van der Waals surface area contributed by atoms with E-state index in [2.05, 4.69) is 29.0 Å². The third-order valence-electron chi connectivity index (χ3n) is 19.9. The molecule has 630 valence electrons. The maximum Gasteiger partial charge on any atom is 0.407 e. The van der Waals surface area contributed by atoms with Gasteiger partial charge in [0.2, 0.25) is 0 Å². The fraction of sp³-hybridized carbons (Fsp3) is 0.965. The van der Waals surface area contributed by atoms with Gasteiger partial charge < -0.3 is 250 Å². The van der Waals surface area contributed by atoms with Crippen LogP contribution in [0.1, 0.15) is 0 Å². The molecule has 9 saturated heterocycles. The fourth-order valence-corrected chi connectivity index (χ4v) is 13.7. The summed E-state index contributed by atoms with van der Waals surface area (Å²) in [5.41, 5.74) is 59.4. The number of hydrogen-bond acceptors (Lipinski definition) is 48. The largest absolute Gasteiger partial charge is 0.453 e. The van der Waals surface area contributed by atoms with Crippen molar-refractivity contribution in [1.29, 1.82) is 0 Å². The van der Waals surface area contributed by atoms with Gasteiger partial charge in [0.15, 0.2) is 61.7 Å². The lowest BCUT2D eigenvalue weighted by Crippen LogP contribution is -2.71. The number of rotatable bonds is 26. The molecular weight excluding hydrogens is 1490 g/mol. The van der Waals surface area contributed by atoms with Crippen LogP contribution >= 0.6 is 12.2 Å². The van der Waals surface area contributed by atoms with Crippen LogP contribution in [0.2, 0.25) is 0 Å². The van der Waals surface area contributed by atoms with Crippen LogP contribution in [-0.4, -0.2) is 456 Å². The first kappa shape index (κ1) is 90.7. The lowest BCUT2D eigenvalue weighted by molar-refractivity contribution is -0.372. The topological polar surface area (TPSA) is 860 Å². The van der Waals surface area contributed by atoms with Gasteiger partial charge in [-0.05, 0) is 12.2 Å². The molecule has 9 heterocycles. The summed E-state index contributed by atoms with van der Waals surface area (Å²) in [4.78, 5) is 12.8. The summed E-state index contributed by atoms with van der Waals surface area (Å²) in [6, 6.07) is -14.6. The maximum atomic E-state index is 12.8. The average molecular weight is 1600 g/mol. The molecule has 41 N–H and O–H groups in total. The number of thiocarbonyl (C=S) groups is 1. The fourth-order valence-electron chi connectivity index (χ4n) is 13.7. The minimum absolute atomic E-state index is 0.000000000000000222. The van der Waals surface area contributed by atoms with Gasteiger partial charge in [0.05, 0.1) is 115 Å². The number of ether oxygens (including phenoxy) is 18. The van der Waals surface area contributed by atoms with Crippen LogP contribution < -0.4 is 62.7 Å². The highest BCUT2D eigenvalue weighted by Crippen LogP contribution is 2.39. The van der Waals surface area contributed by atoms with Crippen molar-refractivity contribution in [2.75, 3.05) is 66.6 Å². The second-order valence-electron chi connectivity index (χ2n) is 26.9. The third-order valence-corrected chi connectivity index (χ3v) is 19.9. The highest BCUT2D eigenvalue weighted by molar-refractivity contribution is 7.80. The first-order valence-electron chi connectivity index (χ1n) is 34.2. The van der Waals surface area contributed by atoms with Gasteiger partial charge in [0, 0.05) is 0 Å². The van der Waals surface area contributed by atoms with Crippen LogP contribution in [0, 0.1) is 0 Å². The predicted molar refractivity (Wildman–Crippen MR) is 347 cm³/mol. The Morgan fingerprint density at radius 1 is 0.296 bits per heavy atom. The molecule has 0 aromatic carbocycles. The number of amides is 1. The zero-order valence-electron chi connectivity index (χ0n) is 57.7. The number of nitrogens with one attached hydrogen (secondary N) is 1. The number of hydrogen-bond donors (Lipinski definition) is 31. The molecule has 0 aliphatic carbocycles. The Balaban J connectivity index is 0.00000358. The highest BCUT2D eigenvalue weighted by Gasteiger charge is 2.60. The van der Waals surface area contributed by atoms with Gasteiger partial charge in [-0.3, -0.25) is 0 Å². The Kier molecular flexibility index (Phi) is 33.7. The van der Waals surface area contributed by atoms with Gasteiger partial charge >= 0.3 is 6.09 Å². The zero-order valence-corrected chi connectivity index (χ0v) is 58.5. The van der Waals surface area contributed by atoms with E-state index in [0.717, 1.165) is 7.11 Å². The van der Waals surface area contributed by atoms with Crippen LogP contribution in [0.15, 0.2) is 0 Å². The number of aliphatic hydroxyl groups is 20. The number of aliphatic hydroxyl groups excluding tert-OH is 20. The van der Waals surface area contributed by atoms with Crippen molar-refractivity contribution in [1.82, 2.24) is 5.32 Å². The van der Waals surface area contributed by atoms with Crippen LogP contribution in [0.5, 0.6) is 0 Å². The summed E-state index contributed by atoms with van der Waals surface area (Å²) in [5, 5.41) is 219. The Morgan fingerprint density at radius 3 is 0.713 bits per heavy atom. The summed E-state index contributed by atoms with van der Waals surface area (Å²) in [6.07, 6.45) is -62.6. The summed E-state index contributed by atoms with van der Waals surface area (Å²) in [6.45, 7) is -8.24. The normalized spacial score (nSPS) is 50.2. The number of carbonyl (C=O) groups is 1. The lowest BCUT2D eigenvalue weighted by Gasteiger charge is -2.51. The van der Waals surface area contributed by atoms with E-state index in [9.17, 15) is 107 Å². The molecular formula is C57H107N11O39S. The van der Waals surface area contributed by atoms with E-state index in [1.54, 1.807) is 0 Å². The Bertz CT molecular complexity index is 2730. The van der Waals surface area contributed by atoms with Gasteiger partial charge in [0.1, 0.15) is 171 Å². The third kappa shape index (κ3) is 19.8. The minimum Gasteiger partial charge on any atom is -0.453 e. The number of carbonyl (C=O) groups excluding carboxylic acids is 1. The molecule has 45 atom stereocenters. The van der Waals surface area contributed by atoms with E-state index in [-0.39, 0.29) is 5.11 Å². The first-order valence-corrected chi connectivity index (χ1v) is 34.6. The monoisotopic (exact) mass is 1600 g/mol. The van der Waals surface area contributed by atoms with E-state index in [1.807, 2.05) is 0 Å². The summed E-state index contributed by atoms with van der Waals surface area (Å²) < 4.78 is 104. The van der Waals surface area contributed by atoms with Crippen molar-refractivity contribution in [3.8, 4) is 0 Å². The smallest absolute Gasteiger partial charge is 0.407 e. The van der Waals surface area contributed by atoms with Gasteiger partial charge in [-0.15, -0.1) is 0 Å². The minimum atomic E-state index is -2.04. The zero-order chi connectivity index (χ0) is 79.9. The van der Waals surface area contributed by atoms with Gasteiger partial charge in [-0.25, -0.2) is 4.79 Å². The number of methoxy groups -OCH3 is 1. The molecule has 9 aliphatic rings. The first-order chi connectivity index (χ1) is 51.1. The van der Waals surface area contributed by atoms with E-state index in [4.69, 9.17) is 131 Å². The van der Waals surface area contributed by atoms with E-state index in [0.29, 0.717) is 0 Å². The summed E-state index contributed by atoms with van der Waals surface area (Å²) in [5.74, 6) is 0. The molecule has 50 nitrogen and oxygen atoms in total. The molecule has 0 unspecified atom stereocenters. The van der Waals surface area contributed by atoms with Crippen molar-refractivity contribution in [3.63, 3.8) is 0 Å². The molecule has 0 saturated carbocycles. The maximum absolute atomic E-state index is 12.8. The van der Waals surface area contributed by atoms with Gasteiger partial charge in [-0.1, -0.05) is 0 Å². The van der Waals surface area contributed by atoms with Crippen LogP contribution in [0.25, 0.3) is 0 Å². The van der Waals surface area contributed by atoms with Gasteiger partial charge in [-0.2, -0.15) is 0 Å². The SMILES string of the molecule is COC(=O)N[C@H]1[C@H](O[C@H]2[C@H](O)[C@@H](N)[C@H](O[C@H]3[C@H](O)[C@@H](N)[C@H](O)O[C@@H]3CO)O[C@@H]2CO)O[C@H](CO)[C@@H](O[C@@H]2O[C@H](CO)[C@@H](O[C@@H]3O[C@H](CO)[C@@H](O[C@@H]4O[C@H](CO)[C@@H](O[C@@H]5O[C@H](CO)[C@@H](O[C@@H]6O[C@H](CO)[C@@H](O[C@@H]7O[C@H](CO)[C@@H](O)[C@H](O)[C@H]7N)[C@H](O)[C@H]6N)[C@H](O)[C@H]5N)[C@H](O)[C@H]4N)[C@H](O)[C@H]3N)[C@H](O)[C@H]2N)[C@@H]1O.NC(N)=S. The number of alkyl carbamates (subject to hydrolysis) is 1. The molecule has 108 heavy (non-hydrogen) atoms.